The fraction of sp³-hybridized carbons (Fsp3) is 0.484. The molecule has 10 nitrogen and oxygen atoms in total. The van der Waals surface area contributed by atoms with Crippen LogP contribution in [-0.4, -0.2) is 93.9 Å². The Kier molecular flexibility index (Phi) is 10.3. The summed E-state index contributed by atoms with van der Waals surface area (Å²) in [6.07, 6.45) is 1.59. The van der Waals surface area contributed by atoms with Gasteiger partial charge in [0.25, 0.3) is 5.91 Å². The number of nitrogens with zero attached hydrogens (tertiary/aromatic N) is 2. The second-order valence-corrected chi connectivity index (χ2v) is 14.6. The molecular weight excluding hydrogens is 587 g/mol. The maximum Gasteiger partial charge on any atom is 0.262 e. The summed E-state index contributed by atoms with van der Waals surface area (Å²) in [4.78, 5) is 29.1. The summed E-state index contributed by atoms with van der Waals surface area (Å²) < 4.78 is 34.9. The minimum Gasteiger partial charge on any atom is -0.489 e. The third kappa shape index (κ3) is 8.12. The van der Waals surface area contributed by atoms with Gasteiger partial charge in [-0.2, -0.15) is 4.31 Å². The first kappa shape index (κ1) is 31.4. The van der Waals surface area contributed by atoms with Gasteiger partial charge in [-0.1, -0.05) is 32.0 Å². The number of thiophene rings is 1. The summed E-state index contributed by atoms with van der Waals surface area (Å²) >= 11 is 1.42. The summed E-state index contributed by atoms with van der Waals surface area (Å²) in [5.41, 5.74) is 0. The van der Waals surface area contributed by atoms with E-state index in [2.05, 4.69) is 20.9 Å². The van der Waals surface area contributed by atoms with Crippen LogP contribution >= 0.6 is 11.3 Å². The molecule has 2 aliphatic rings. The fourth-order valence-corrected chi connectivity index (χ4v) is 7.83. The van der Waals surface area contributed by atoms with Crippen molar-refractivity contribution in [2.24, 2.45) is 5.92 Å². The minimum absolute atomic E-state index is 0.118. The lowest BCUT2D eigenvalue weighted by atomic mass is 10.0. The minimum atomic E-state index is -3.60. The molecule has 12 heteroatoms. The van der Waals surface area contributed by atoms with E-state index in [0.29, 0.717) is 56.3 Å². The van der Waals surface area contributed by atoms with Gasteiger partial charge in [-0.15, -0.1) is 11.3 Å². The predicted octanol–water partition coefficient (Wildman–Crippen LogP) is 2.91. The maximum atomic E-state index is 13.2. The molecule has 0 saturated carbocycles. The van der Waals surface area contributed by atoms with Gasteiger partial charge in [-0.25, -0.2) is 8.42 Å². The smallest absolute Gasteiger partial charge is 0.262 e. The maximum absolute atomic E-state index is 13.2. The Morgan fingerprint density at radius 1 is 1.07 bits per heavy atom. The first-order valence-electron chi connectivity index (χ1n) is 15.0. The molecule has 232 valence electrons. The van der Waals surface area contributed by atoms with E-state index < -0.39 is 16.1 Å². The molecule has 2 aliphatic heterocycles. The number of carbonyl (C=O) groups is 2. The molecule has 3 heterocycles. The standard InChI is InChI=1S/C31H41N5O5S2/c1-22(2)19-27(34-31(38)29-20-23-5-3-4-6-28(23)42-29)30(37)33-13-14-35-15-17-36(18-16-35)43(39,40)26-9-7-24(8-10-26)41-25-11-12-32-21-25/h3-10,20,22,25,27,32H,11-19,21H2,1-2H3,(H,33,37)(H,34,38). The third-order valence-electron chi connectivity index (χ3n) is 7.82. The van der Waals surface area contributed by atoms with E-state index in [1.165, 1.54) is 15.6 Å². The Morgan fingerprint density at radius 3 is 2.49 bits per heavy atom. The van der Waals surface area contributed by atoms with Crippen LogP contribution in [0.3, 0.4) is 0 Å². The highest BCUT2D eigenvalue weighted by atomic mass is 32.2. The molecule has 0 radical (unpaired) electrons. The van der Waals surface area contributed by atoms with Crippen molar-refractivity contribution in [1.82, 2.24) is 25.2 Å². The van der Waals surface area contributed by atoms with Crippen LogP contribution in [0.2, 0.25) is 0 Å². The lowest BCUT2D eigenvalue weighted by molar-refractivity contribution is -0.123. The molecule has 2 saturated heterocycles. The normalized spacial score (nSPS) is 19.0. The van der Waals surface area contributed by atoms with Gasteiger partial charge < -0.3 is 20.7 Å². The van der Waals surface area contributed by atoms with Gasteiger partial charge >= 0.3 is 0 Å². The Hall–Kier alpha value is -3.03. The van der Waals surface area contributed by atoms with Crippen molar-refractivity contribution in [3.05, 3.63) is 59.5 Å². The molecule has 2 aromatic carbocycles. The average Bonchev–Trinajstić information content (AvgIpc) is 3.67. The lowest BCUT2D eigenvalue weighted by Gasteiger charge is -2.34. The van der Waals surface area contributed by atoms with E-state index in [9.17, 15) is 18.0 Å². The number of carbonyl (C=O) groups excluding carboxylic acids is 2. The van der Waals surface area contributed by atoms with Gasteiger partial charge in [0.15, 0.2) is 0 Å². The van der Waals surface area contributed by atoms with Crippen LogP contribution in [0.5, 0.6) is 5.75 Å². The van der Waals surface area contributed by atoms with Crippen LogP contribution in [0.25, 0.3) is 10.1 Å². The van der Waals surface area contributed by atoms with E-state index in [1.807, 2.05) is 44.2 Å². The second kappa shape index (κ2) is 14.2. The topological polar surface area (TPSA) is 120 Å². The number of rotatable bonds is 12. The van der Waals surface area contributed by atoms with Crippen molar-refractivity contribution in [1.29, 1.82) is 0 Å². The Labute approximate surface area is 257 Å². The van der Waals surface area contributed by atoms with Crippen LogP contribution in [0.15, 0.2) is 59.5 Å². The number of sulfonamides is 1. The van der Waals surface area contributed by atoms with Gasteiger partial charge in [0.2, 0.25) is 15.9 Å². The second-order valence-electron chi connectivity index (χ2n) is 11.5. The number of fused-ring (bicyclic) bond motifs is 1. The zero-order valence-corrected chi connectivity index (χ0v) is 26.4. The number of hydrogen-bond acceptors (Lipinski definition) is 8. The Morgan fingerprint density at radius 2 is 1.81 bits per heavy atom. The van der Waals surface area contributed by atoms with Crippen LogP contribution in [0.1, 0.15) is 36.4 Å². The van der Waals surface area contributed by atoms with Crippen molar-refractivity contribution < 1.29 is 22.7 Å². The quantitative estimate of drug-likeness (QED) is 0.283. The largest absolute Gasteiger partial charge is 0.489 e. The van der Waals surface area contributed by atoms with Crippen molar-refractivity contribution >= 4 is 43.3 Å². The third-order valence-corrected chi connectivity index (χ3v) is 10.8. The summed E-state index contributed by atoms with van der Waals surface area (Å²) in [5, 5.41) is 10.2. The SMILES string of the molecule is CC(C)CC(NC(=O)c1cc2ccccc2s1)C(=O)NCCN1CCN(S(=O)(=O)c2ccc(OC3CCNC3)cc2)CC1. The summed E-state index contributed by atoms with van der Waals surface area (Å²) in [6, 6.07) is 15.7. The number of hydrogen-bond donors (Lipinski definition) is 3. The van der Waals surface area contributed by atoms with E-state index in [1.54, 1.807) is 24.3 Å². The van der Waals surface area contributed by atoms with Gasteiger partial charge in [-0.05, 0) is 67.1 Å². The fourth-order valence-electron chi connectivity index (χ4n) is 5.44. The van der Waals surface area contributed by atoms with E-state index in [-0.39, 0.29) is 28.7 Å². The average molecular weight is 628 g/mol. The summed E-state index contributed by atoms with van der Waals surface area (Å²) in [5.74, 6) is 0.449. The highest BCUT2D eigenvalue weighted by molar-refractivity contribution is 7.89. The molecule has 2 atom stereocenters. The number of amides is 2. The monoisotopic (exact) mass is 627 g/mol. The first-order valence-corrected chi connectivity index (χ1v) is 17.2. The van der Waals surface area contributed by atoms with Gasteiger partial charge in [0.05, 0.1) is 9.77 Å². The van der Waals surface area contributed by atoms with Crippen LogP contribution < -0.4 is 20.7 Å². The zero-order chi connectivity index (χ0) is 30.4. The molecule has 3 N–H and O–H groups in total. The van der Waals surface area contributed by atoms with Crippen LogP contribution in [0.4, 0.5) is 0 Å². The molecule has 3 aromatic rings. The number of benzene rings is 2. The van der Waals surface area contributed by atoms with E-state index >= 15 is 0 Å². The molecule has 2 fully saturated rings. The van der Waals surface area contributed by atoms with Crippen molar-refractivity contribution in [2.45, 2.75) is 43.7 Å². The molecule has 0 spiro atoms. The Balaban J connectivity index is 1.07. The van der Waals surface area contributed by atoms with Crippen molar-refractivity contribution in [2.75, 3.05) is 52.4 Å². The molecule has 43 heavy (non-hydrogen) atoms. The van der Waals surface area contributed by atoms with Gasteiger partial charge in [0, 0.05) is 50.5 Å². The summed E-state index contributed by atoms with van der Waals surface area (Å²) in [7, 11) is -3.60. The van der Waals surface area contributed by atoms with Crippen LogP contribution in [0, 0.1) is 5.92 Å². The van der Waals surface area contributed by atoms with Gasteiger partial charge in [0.1, 0.15) is 17.9 Å². The van der Waals surface area contributed by atoms with Crippen molar-refractivity contribution in [3.63, 3.8) is 0 Å². The molecule has 1 aromatic heterocycles. The molecule has 2 unspecified atom stereocenters. The van der Waals surface area contributed by atoms with Gasteiger partial charge in [-0.3, -0.25) is 14.5 Å². The molecule has 2 amide bonds. The molecular formula is C31H41N5O5S2. The van der Waals surface area contributed by atoms with Crippen LogP contribution in [-0.2, 0) is 14.8 Å². The van der Waals surface area contributed by atoms with E-state index in [0.717, 1.165) is 29.6 Å². The number of piperazine rings is 1. The van der Waals surface area contributed by atoms with Crippen molar-refractivity contribution in [3.8, 4) is 5.75 Å². The number of nitrogens with one attached hydrogen (secondary N) is 3. The first-order chi connectivity index (χ1) is 20.7. The number of ether oxygens (including phenoxy) is 1. The van der Waals surface area contributed by atoms with E-state index in [4.69, 9.17) is 4.74 Å². The summed E-state index contributed by atoms with van der Waals surface area (Å²) in [6.45, 7) is 8.69. The molecule has 0 aliphatic carbocycles. The molecule has 0 bridgehead atoms. The zero-order valence-electron chi connectivity index (χ0n) is 24.8. The molecule has 5 rings (SSSR count). The Bertz CT molecular complexity index is 1460. The predicted molar refractivity (Wildman–Crippen MR) is 169 cm³/mol. The highest BCUT2D eigenvalue weighted by Gasteiger charge is 2.29. The highest BCUT2D eigenvalue weighted by Crippen LogP contribution is 2.26. The lowest BCUT2D eigenvalue weighted by Crippen LogP contribution is -2.52.